The molecule has 2 amide bonds. The normalized spacial score (nSPS) is 21.2. The second-order valence-electron chi connectivity index (χ2n) is 7.15. The molecule has 1 fully saturated rings. The monoisotopic (exact) mass is 413 g/mol. The largest absolute Gasteiger partial charge is 0.379 e. The Hall–Kier alpha value is -3.13. The van der Waals surface area contributed by atoms with Crippen LogP contribution in [0.3, 0.4) is 0 Å². The minimum Gasteiger partial charge on any atom is -0.379 e. The van der Waals surface area contributed by atoms with Gasteiger partial charge in [0.2, 0.25) is 11.5 Å². The number of benzene rings is 1. The third-order valence-corrected chi connectivity index (χ3v) is 5.22. The molecule has 3 heterocycles. The topological polar surface area (TPSA) is 95.9 Å². The van der Waals surface area contributed by atoms with Crippen LogP contribution in [0, 0.1) is 0 Å². The van der Waals surface area contributed by atoms with E-state index in [0.717, 1.165) is 5.56 Å². The number of halogens is 1. The van der Waals surface area contributed by atoms with Gasteiger partial charge in [-0.05, 0) is 25.1 Å². The highest BCUT2D eigenvalue weighted by Crippen LogP contribution is 2.30. The highest BCUT2D eigenvalue weighted by Gasteiger charge is 2.42. The van der Waals surface area contributed by atoms with Crippen LogP contribution in [0.1, 0.15) is 18.9 Å². The Morgan fingerprint density at radius 2 is 2.14 bits per heavy atom. The smallest absolute Gasteiger partial charge is 0.271 e. The van der Waals surface area contributed by atoms with E-state index in [1.54, 1.807) is 31.3 Å². The van der Waals surface area contributed by atoms with Crippen LogP contribution in [0.25, 0.3) is 0 Å². The predicted octanol–water partition coefficient (Wildman–Crippen LogP) is 2.19. The van der Waals surface area contributed by atoms with Gasteiger partial charge in [-0.1, -0.05) is 35.0 Å². The van der Waals surface area contributed by atoms with Crippen molar-refractivity contribution < 1.29 is 14.4 Å². The Bertz CT molecular complexity index is 978. The van der Waals surface area contributed by atoms with Crippen molar-refractivity contribution in [1.82, 2.24) is 10.3 Å². The van der Waals surface area contributed by atoms with Crippen molar-refractivity contribution in [2.75, 3.05) is 29.9 Å². The molecule has 29 heavy (non-hydrogen) atoms. The molecule has 1 aromatic carbocycles. The zero-order chi connectivity index (χ0) is 20.4. The first-order valence-electron chi connectivity index (χ1n) is 9.24. The maximum atomic E-state index is 12.8. The molecule has 0 bridgehead atoms. The highest BCUT2D eigenvalue weighted by atomic mass is 35.5. The summed E-state index contributed by atoms with van der Waals surface area (Å²) in [6.45, 7) is 3.23. The number of piperazine rings is 1. The number of pyridine rings is 1. The first-order chi connectivity index (χ1) is 13.9. The lowest BCUT2D eigenvalue weighted by atomic mass is 9.95. The molecule has 1 unspecified atom stereocenters. The third-order valence-electron chi connectivity index (χ3n) is 4.90. The summed E-state index contributed by atoms with van der Waals surface area (Å²) in [6.07, 6.45) is 1.87. The number of anilines is 2. The summed E-state index contributed by atoms with van der Waals surface area (Å²) >= 11 is 6.22. The first-order valence-corrected chi connectivity index (χ1v) is 9.61. The van der Waals surface area contributed by atoms with Crippen molar-refractivity contribution in [2.24, 2.45) is 5.16 Å². The second-order valence-corrected chi connectivity index (χ2v) is 7.55. The standard InChI is InChI=1S/C20H20ClN5O3/c1-20(10-16(25-29-20)14-4-2-3-5-15(14)21)19(28)24-13-6-7-17(23-11-13)26-9-8-22-18(27)12-26/h2-7,11H,8-10,12H2,1H3,(H,22,27)(H,24,28). The van der Waals surface area contributed by atoms with E-state index in [0.29, 0.717) is 41.7 Å². The van der Waals surface area contributed by atoms with Crippen molar-refractivity contribution in [3.05, 3.63) is 53.2 Å². The number of rotatable bonds is 4. The summed E-state index contributed by atoms with van der Waals surface area (Å²) in [5.74, 6) is 0.330. The third kappa shape index (κ3) is 4.02. The molecule has 2 aromatic rings. The Labute approximate surface area is 172 Å². The Kier molecular flexibility index (Phi) is 5.10. The quantitative estimate of drug-likeness (QED) is 0.801. The molecule has 0 spiro atoms. The van der Waals surface area contributed by atoms with Crippen molar-refractivity contribution in [3.63, 3.8) is 0 Å². The molecule has 150 valence electrons. The SMILES string of the molecule is CC1(C(=O)Nc2ccc(N3CCNC(=O)C3)nc2)CC(c2ccccc2Cl)=NO1. The van der Waals surface area contributed by atoms with Gasteiger partial charge < -0.3 is 20.4 Å². The van der Waals surface area contributed by atoms with Gasteiger partial charge in [-0.15, -0.1) is 0 Å². The van der Waals surface area contributed by atoms with Gasteiger partial charge in [0.25, 0.3) is 5.91 Å². The molecule has 9 heteroatoms. The van der Waals surface area contributed by atoms with E-state index in [1.165, 1.54) is 0 Å². The van der Waals surface area contributed by atoms with E-state index >= 15 is 0 Å². The predicted molar refractivity (Wildman–Crippen MR) is 110 cm³/mol. The Balaban J connectivity index is 1.40. The van der Waals surface area contributed by atoms with Crippen molar-refractivity contribution >= 4 is 40.6 Å². The Morgan fingerprint density at radius 1 is 1.31 bits per heavy atom. The number of hydrogen-bond donors (Lipinski definition) is 2. The van der Waals surface area contributed by atoms with Gasteiger partial charge in [0, 0.05) is 30.1 Å². The van der Waals surface area contributed by atoms with Gasteiger partial charge in [0.15, 0.2) is 0 Å². The number of carbonyl (C=O) groups excluding carboxylic acids is 2. The number of oxime groups is 1. The van der Waals surface area contributed by atoms with Gasteiger partial charge in [0.1, 0.15) is 5.82 Å². The molecule has 1 saturated heterocycles. The summed E-state index contributed by atoms with van der Waals surface area (Å²) < 4.78 is 0. The molecule has 2 aliphatic rings. The molecule has 1 atom stereocenters. The molecule has 0 saturated carbocycles. The summed E-state index contributed by atoms with van der Waals surface area (Å²) in [4.78, 5) is 36.0. The fourth-order valence-electron chi connectivity index (χ4n) is 3.25. The van der Waals surface area contributed by atoms with Gasteiger partial charge in [-0.3, -0.25) is 9.59 Å². The molecule has 0 radical (unpaired) electrons. The van der Waals surface area contributed by atoms with Crippen molar-refractivity contribution in [1.29, 1.82) is 0 Å². The minimum absolute atomic E-state index is 0.0314. The van der Waals surface area contributed by atoms with Crippen LogP contribution in [0.5, 0.6) is 0 Å². The average molecular weight is 414 g/mol. The summed E-state index contributed by atoms with van der Waals surface area (Å²) in [6, 6.07) is 10.8. The van der Waals surface area contributed by atoms with E-state index in [-0.39, 0.29) is 18.4 Å². The highest BCUT2D eigenvalue weighted by molar-refractivity contribution is 6.34. The number of carbonyl (C=O) groups is 2. The number of nitrogens with zero attached hydrogens (tertiary/aromatic N) is 3. The molecule has 8 nitrogen and oxygen atoms in total. The number of hydrogen-bond acceptors (Lipinski definition) is 6. The van der Waals surface area contributed by atoms with Gasteiger partial charge >= 0.3 is 0 Å². The summed E-state index contributed by atoms with van der Waals surface area (Å²) in [5.41, 5.74) is 0.779. The summed E-state index contributed by atoms with van der Waals surface area (Å²) in [5, 5.41) is 10.2. The molecule has 4 rings (SSSR count). The minimum atomic E-state index is -1.14. The lowest BCUT2D eigenvalue weighted by Gasteiger charge is -2.27. The summed E-state index contributed by atoms with van der Waals surface area (Å²) in [7, 11) is 0. The van der Waals surface area contributed by atoms with Crippen LogP contribution in [0.2, 0.25) is 5.02 Å². The first kappa shape index (κ1) is 19.2. The second kappa shape index (κ2) is 7.71. The average Bonchev–Trinajstić information content (AvgIpc) is 3.12. The van der Waals surface area contributed by atoms with Gasteiger partial charge in [-0.25, -0.2) is 4.98 Å². The molecule has 2 aliphatic heterocycles. The van der Waals surface area contributed by atoms with E-state index in [4.69, 9.17) is 16.4 Å². The van der Waals surface area contributed by atoms with E-state index < -0.39 is 5.60 Å². The molecular weight excluding hydrogens is 394 g/mol. The lowest BCUT2D eigenvalue weighted by Crippen LogP contribution is -2.48. The number of nitrogens with one attached hydrogen (secondary N) is 2. The van der Waals surface area contributed by atoms with Crippen LogP contribution < -0.4 is 15.5 Å². The van der Waals surface area contributed by atoms with Crippen LogP contribution in [0.4, 0.5) is 11.5 Å². The zero-order valence-corrected chi connectivity index (χ0v) is 16.6. The lowest BCUT2D eigenvalue weighted by molar-refractivity contribution is -0.135. The van der Waals surface area contributed by atoms with Crippen LogP contribution in [0.15, 0.2) is 47.8 Å². The van der Waals surface area contributed by atoms with Crippen molar-refractivity contribution in [3.8, 4) is 0 Å². The van der Waals surface area contributed by atoms with Crippen molar-refractivity contribution in [2.45, 2.75) is 18.9 Å². The molecule has 0 aliphatic carbocycles. The maximum Gasteiger partial charge on any atom is 0.271 e. The Morgan fingerprint density at radius 3 is 2.86 bits per heavy atom. The van der Waals surface area contributed by atoms with Gasteiger partial charge in [0.05, 0.1) is 24.1 Å². The fourth-order valence-corrected chi connectivity index (χ4v) is 3.49. The number of aromatic nitrogens is 1. The van der Waals surface area contributed by atoms with E-state index in [2.05, 4.69) is 20.8 Å². The van der Waals surface area contributed by atoms with Gasteiger partial charge in [-0.2, -0.15) is 0 Å². The van der Waals surface area contributed by atoms with E-state index in [1.807, 2.05) is 23.1 Å². The van der Waals surface area contributed by atoms with E-state index in [9.17, 15) is 9.59 Å². The zero-order valence-electron chi connectivity index (χ0n) is 15.8. The molecule has 1 aromatic heterocycles. The molecular formula is C20H20ClN5O3. The van der Waals surface area contributed by atoms with Crippen LogP contribution >= 0.6 is 11.6 Å². The fraction of sp³-hybridized carbons (Fsp3) is 0.300. The number of amides is 2. The maximum absolute atomic E-state index is 12.8. The molecule has 2 N–H and O–H groups in total. The van der Waals surface area contributed by atoms with Crippen LogP contribution in [-0.4, -0.2) is 47.7 Å². The van der Waals surface area contributed by atoms with Crippen LogP contribution in [-0.2, 0) is 14.4 Å².